The molecule has 4 heteroatoms. The summed E-state index contributed by atoms with van der Waals surface area (Å²) in [6.07, 6.45) is 3.46. The fourth-order valence-electron chi connectivity index (χ4n) is 1.42. The van der Waals surface area contributed by atoms with Gasteiger partial charge in [0.25, 0.3) is 5.92 Å². The van der Waals surface area contributed by atoms with Gasteiger partial charge in [0, 0.05) is 11.1 Å². The predicted octanol–water partition coefficient (Wildman–Crippen LogP) is 4.80. The summed E-state index contributed by atoms with van der Waals surface area (Å²) < 4.78 is 28.0. The van der Waals surface area contributed by atoms with Crippen LogP contribution in [0, 0.1) is 0 Å². The van der Waals surface area contributed by atoms with Crippen molar-refractivity contribution in [2.45, 2.75) is 19.8 Å². The Hall–Kier alpha value is -2.23. The lowest BCUT2D eigenvalue weighted by Gasteiger charge is -2.18. The molecule has 1 N–H and O–H groups in total. The van der Waals surface area contributed by atoms with E-state index in [0.717, 1.165) is 36.4 Å². The maximum atomic E-state index is 14.0. The molecule has 1 aromatic rings. The van der Waals surface area contributed by atoms with E-state index in [2.05, 4.69) is 13.2 Å². The zero-order valence-corrected chi connectivity index (χ0v) is 11.6. The average Bonchev–Trinajstić information content (AvgIpc) is 2.46. The molecule has 0 aliphatic rings. The molecular weight excluding hydrogens is 262 g/mol. The first kappa shape index (κ1) is 17.8. The number of benzene rings is 1. The lowest BCUT2D eigenvalue weighted by Crippen LogP contribution is -2.15. The Morgan fingerprint density at radius 2 is 1.70 bits per heavy atom. The van der Waals surface area contributed by atoms with E-state index in [4.69, 9.17) is 5.11 Å². The minimum Gasteiger partial charge on any atom is -0.478 e. The number of carboxylic acid groups (broad SMARTS) is 1. The summed E-state index contributed by atoms with van der Waals surface area (Å²) >= 11 is 0. The third-order valence-corrected chi connectivity index (χ3v) is 2.37. The summed E-state index contributed by atoms with van der Waals surface area (Å²) in [5.41, 5.74) is -0.622. The van der Waals surface area contributed by atoms with E-state index in [-0.39, 0.29) is 16.7 Å². The van der Waals surface area contributed by atoms with E-state index < -0.39 is 11.9 Å². The van der Waals surface area contributed by atoms with Crippen molar-refractivity contribution in [2.75, 3.05) is 0 Å². The summed E-state index contributed by atoms with van der Waals surface area (Å²) in [4.78, 5) is 10.6. The van der Waals surface area contributed by atoms with Crippen LogP contribution in [0.5, 0.6) is 0 Å². The van der Waals surface area contributed by atoms with Crippen LogP contribution in [0.3, 0.4) is 0 Å². The molecule has 0 saturated heterocycles. The van der Waals surface area contributed by atoms with Gasteiger partial charge in [0.05, 0.1) is 5.56 Å². The topological polar surface area (TPSA) is 37.3 Å². The number of hydrogen-bond donors (Lipinski definition) is 1. The molecule has 0 bridgehead atoms. The normalized spacial score (nSPS) is 11.1. The third-order valence-electron chi connectivity index (χ3n) is 2.37. The summed E-state index contributed by atoms with van der Waals surface area (Å²) in [7, 11) is 0. The van der Waals surface area contributed by atoms with Crippen molar-refractivity contribution >= 4 is 5.97 Å². The number of rotatable bonds is 5. The van der Waals surface area contributed by atoms with Gasteiger partial charge in [-0.25, -0.2) is 4.79 Å². The number of hydrogen-bond acceptors (Lipinski definition) is 1. The highest BCUT2D eigenvalue weighted by molar-refractivity contribution is 5.87. The van der Waals surface area contributed by atoms with Gasteiger partial charge in [0.1, 0.15) is 0 Å². The van der Waals surface area contributed by atoms with Crippen LogP contribution in [0.4, 0.5) is 8.78 Å². The van der Waals surface area contributed by atoms with Crippen LogP contribution < -0.4 is 0 Å². The van der Waals surface area contributed by atoms with Gasteiger partial charge in [-0.3, -0.25) is 0 Å². The number of aromatic carboxylic acids is 1. The van der Waals surface area contributed by atoms with Gasteiger partial charge in [-0.1, -0.05) is 57.4 Å². The van der Waals surface area contributed by atoms with Crippen molar-refractivity contribution in [3.63, 3.8) is 0 Å². The second-order valence-electron chi connectivity index (χ2n) is 3.52. The lowest BCUT2D eigenvalue weighted by atomic mass is 9.99. The van der Waals surface area contributed by atoms with Crippen molar-refractivity contribution in [1.82, 2.24) is 0 Å². The maximum absolute atomic E-state index is 14.0. The van der Waals surface area contributed by atoms with E-state index in [1.165, 1.54) is 6.08 Å². The van der Waals surface area contributed by atoms with E-state index in [9.17, 15) is 13.6 Å². The second kappa shape index (κ2) is 8.04. The Morgan fingerprint density at radius 1 is 1.20 bits per heavy atom. The average molecular weight is 280 g/mol. The van der Waals surface area contributed by atoms with Crippen LogP contribution in [0.15, 0.2) is 61.2 Å². The highest BCUT2D eigenvalue weighted by Crippen LogP contribution is 2.36. The van der Waals surface area contributed by atoms with Gasteiger partial charge in [-0.2, -0.15) is 8.78 Å². The van der Waals surface area contributed by atoms with Gasteiger partial charge in [-0.15, -0.1) is 0 Å². The molecule has 1 rings (SSSR count). The van der Waals surface area contributed by atoms with Crippen LogP contribution >= 0.6 is 0 Å². The monoisotopic (exact) mass is 280 g/mol. The quantitative estimate of drug-likeness (QED) is 0.786. The van der Waals surface area contributed by atoms with Crippen LogP contribution in [-0.2, 0) is 5.92 Å². The number of allylic oxidation sites excluding steroid dienone is 4. The fraction of sp³-hybridized carbons (Fsp3) is 0.188. The van der Waals surface area contributed by atoms with Gasteiger partial charge < -0.3 is 5.11 Å². The van der Waals surface area contributed by atoms with Crippen molar-refractivity contribution in [1.29, 1.82) is 0 Å². The molecule has 2 nitrogen and oxygen atoms in total. The van der Waals surface area contributed by atoms with Crippen LogP contribution in [-0.4, -0.2) is 11.1 Å². The van der Waals surface area contributed by atoms with Gasteiger partial charge >= 0.3 is 5.97 Å². The van der Waals surface area contributed by atoms with Crippen molar-refractivity contribution in [3.8, 4) is 0 Å². The molecule has 0 spiro atoms. The van der Waals surface area contributed by atoms with Crippen molar-refractivity contribution in [2.24, 2.45) is 0 Å². The highest BCUT2D eigenvalue weighted by Gasteiger charge is 2.34. The highest BCUT2D eigenvalue weighted by atomic mass is 19.3. The van der Waals surface area contributed by atoms with Crippen LogP contribution in [0.1, 0.15) is 29.8 Å². The van der Waals surface area contributed by atoms with E-state index in [0.29, 0.717) is 0 Å². The minimum atomic E-state index is -3.23. The fourth-order valence-corrected chi connectivity index (χ4v) is 1.42. The molecule has 0 radical (unpaired) electrons. The van der Waals surface area contributed by atoms with E-state index >= 15 is 0 Å². The second-order valence-corrected chi connectivity index (χ2v) is 3.52. The molecule has 0 heterocycles. The van der Waals surface area contributed by atoms with Gasteiger partial charge in [0.15, 0.2) is 0 Å². The summed E-state index contributed by atoms with van der Waals surface area (Å²) in [6, 6.07) is 4.45. The molecule has 0 aliphatic heterocycles. The molecule has 108 valence electrons. The summed E-state index contributed by atoms with van der Waals surface area (Å²) in [5.74, 6) is -4.39. The van der Waals surface area contributed by atoms with Gasteiger partial charge in [-0.05, 0) is 12.1 Å². The minimum absolute atomic E-state index is 0.0394. The maximum Gasteiger partial charge on any atom is 0.335 e. The molecule has 1 aromatic carbocycles. The molecule has 0 unspecified atom stereocenters. The summed E-state index contributed by atoms with van der Waals surface area (Å²) in [6.45, 7) is 10.7. The van der Waals surface area contributed by atoms with Gasteiger partial charge in [0.2, 0.25) is 0 Å². The first-order chi connectivity index (χ1) is 9.43. The SMILES string of the molecule is C=C/C=C(\C=C)C(F)(F)c1ccc(C(=O)O)cc1.CC. The van der Waals surface area contributed by atoms with Crippen molar-refractivity contribution < 1.29 is 18.7 Å². The van der Waals surface area contributed by atoms with Crippen molar-refractivity contribution in [3.05, 3.63) is 72.4 Å². The Labute approximate surface area is 117 Å². The molecular formula is C16H18F2O2. The standard InChI is InChI=1S/C14H12F2O2.C2H6/c1-3-5-11(4-2)14(15,16)12-8-6-10(7-9-12)13(17)18;1-2/h3-9H,1-2H2,(H,17,18);1-2H3/b11-5+;. The Balaban J connectivity index is 0.00000172. The van der Waals surface area contributed by atoms with Crippen LogP contribution in [0.25, 0.3) is 0 Å². The van der Waals surface area contributed by atoms with E-state index in [1.54, 1.807) is 0 Å². The molecule has 20 heavy (non-hydrogen) atoms. The lowest BCUT2D eigenvalue weighted by molar-refractivity contribution is 0.0419. The number of carboxylic acids is 1. The van der Waals surface area contributed by atoms with E-state index in [1.807, 2.05) is 13.8 Å². The first-order valence-electron chi connectivity index (χ1n) is 6.10. The zero-order chi connectivity index (χ0) is 15.8. The third kappa shape index (κ3) is 4.16. The smallest absolute Gasteiger partial charge is 0.335 e. The Kier molecular flexibility index (Phi) is 7.15. The number of alkyl halides is 2. The molecule has 0 amide bonds. The first-order valence-corrected chi connectivity index (χ1v) is 6.10. The molecule has 0 aliphatic carbocycles. The summed E-state index contributed by atoms with van der Waals surface area (Å²) in [5, 5.41) is 8.69. The molecule has 0 atom stereocenters. The number of halogens is 2. The largest absolute Gasteiger partial charge is 0.478 e. The number of carbonyl (C=O) groups is 1. The molecule has 0 saturated carbocycles. The Bertz CT molecular complexity index is 500. The zero-order valence-electron chi connectivity index (χ0n) is 11.6. The molecule has 0 aromatic heterocycles. The van der Waals surface area contributed by atoms with Crippen LogP contribution in [0.2, 0.25) is 0 Å². The molecule has 0 fully saturated rings. The predicted molar refractivity (Wildman–Crippen MR) is 77.1 cm³/mol. The Morgan fingerprint density at radius 3 is 2.05 bits per heavy atom.